The first-order chi connectivity index (χ1) is 11.7. The Bertz CT molecular complexity index is 527. The summed E-state index contributed by atoms with van der Waals surface area (Å²) in [6, 6.07) is 0. The van der Waals surface area contributed by atoms with Crippen molar-refractivity contribution in [2.75, 3.05) is 32.8 Å². The summed E-state index contributed by atoms with van der Waals surface area (Å²) < 4.78 is 7.58. The first-order valence-corrected chi connectivity index (χ1v) is 9.11. The SMILES string of the molecule is CCCCNC(=NCc1nnc(C)n1C)N1CCC(COCC)C1. The van der Waals surface area contributed by atoms with Crippen molar-refractivity contribution in [2.45, 2.75) is 46.6 Å². The van der Waals surface area contributed by atoms with Crippen LogP contribution in [0.3, 0.4) is 0 Å². The second-order valence-electron chi connectivity index (χ2n) is 6.40. The van der Waals surface area contributed by atoms with Crippen LogP contribution in [-0.4, -0.2) is 58.5 Å². The summed E-state index contributed by atoms with van der Waals surface area (Å²) in [4.78, 5) is 7.15. The predicted octanol–water partition coefficient (Wildman–Crippen LogP) is 1.73. The average Bonchev–Trinajstić information content (AvgIpc) is 3.17. The van der Waals surface area contributed by atoms with Crippen molar-refractivity contribution in [3.8, 4) is 0 Å². The Labute approximate surface area is 145 Å². The molecule has 0 saturated carbocycles. The van der Waals surface area contributed by atoms with Gasteiger partial charge in [0.25, 0.3) is 0 Å². The number of unbranched alkanes of at least 4 members (excludes halogenated alkanes) is 1. The fraction of sp³-hybridized carbons (Fsp3) is 0.824. The molecule has 1 N–H and O–H groups in total. The molecule has 1 atom stereocenters. The summed E-state index contributed by atoms with van der Waals surface area (Å²) in [7, 11) is 1.98. The second kappa shape index (κ2) is 9.61. The highest BCUT2D eigenvalue weighted by atomic mass is 16.5. The third-order valence-corrected chi connectivity index (χ3v) is 4.51. The van der Waals surface area contributed by atoms with Gasteiger partial charge in [0.1, 0.15) is 12.4 Å². The van der Waals surface area contributed by atoms with Crippen molar-refractivity contribution in [3.05, 3.63) is 11.6 Å². The maximum absolute atomic E-state index is 5.58. The molecule has 1 aliphatic rings. The topological polar surface area (TPSA) is 67.6 Å². The highest BCUT2D eigenvalue weighted by molar-refractivity contribution is 5.80. The number of aromatic nitrogens is 3. The van der Waals surface area contributed by atoms with E-state index in [2.05, 4.69) is 34.3 Å². The van der Waals surface area contributed by atoms with E-state index in [1.807, 2.05) is 18.5 Å². The molecule has 0 spiro atoms. The molecular weight excluding hydrogens is 304 g/mol. The number of likely N-dealkylation sites (tertiary alicyclic amines) is 1. The van der Waals surface area contributed by atoms with E-state index >= 15 is 0 Å². The Morgan fingerprint density at radius 1 is 1.38 bits per heavy atom. The van der Waals surface area contributed by atoms with Gasteiger partial charge in [-0.25, -0.2) is 4.99 Å². The molecule has 1 aliphatic heterocycles. The molecule has 24 heavy (non-hydrogen) atoms. The van der Waals surface area contributed by atoms with Crippen molar-refractivity contribution in [1.82, 2.24) is 25.0 Å². The molecule has 1 saturated heterocycles. The van der Waals surface area contributed by atoms with Gasteiger partial charge in [0.15, 0.2) is 11.8 Å². The van der Waals surface area contributed by atoms with Crippen molar-refractivity contribution in [3.63, 3.8) is 0 Å². The zero-order chi connectivity index (χ0) is 17.4. The minimum absolute atomic E-state index is 0.554. The van der Waals surface area contributed by atoms with Gasteiger partial charge in [-0.2, -0.15) is 0 Å². The normalized spacial score (nSPS) is 18.4. The Morgan fingerprint density at radius 3 is 2.88 bits per heavy atom. The lowest BCUT2D eigenvalue weighted by Crippen LogP contribution is -2.40. The van der Waals surface area contributed by atoms with Gasteiger partial charge in [0.2, 0.25) is 0 Å². The number of hydrogen-bond donors (Lipinski definition) is 1. The molecule has 1 unspecified atom stereocenters. The van der Waals surface area contributed by atoms with Crippen molar-refractivity contribution in [2.24, 2.45) is 18.0 Å². The monoisotopic (exact) mass is 336 g/mol. The summed E-state index contributed by atoms with van der Waals surface area (Å²) in [5.74, 6) is 3.40. The molecule has 7 nitrogen and oxygen atoms in total. The molecule has 0 bridgehead atoms. The van der Waals surface area contributed by atoms with Crippen LogP contribution in [0.2, 0.25) is 0 Å². The molecule has 7 heteroatoms. The minimum atomic E-state index is 0.554. The molecule has 0 radical (unpaired) electrons. The summed E-state index contributed by atoms with van der Waals surface area (Å²) in [5.41, 5.74) is 0. The first kappa shape index (κ1) is 18.7. The Kier molecular flexibility index (Phi) is 7.49. The second-order valence-corrected chi connectivity index (χ2v) is 6.40. The fourth-order valence-electron chi connectivity index (χ4n) is 2.82. The zero-order valence-electron chi connectivity index (χ0n) is 15.6. The first-order valence-electron chi connectivity index (χ1n) is 9.11. The summed E-state index contributed by atoms with van der Waals surface area (Å²) in [6.07, 6.45) is 3.49. The van der Waals surface area contributed by atoms with E-state index in [9.17, 15) is 0 Å². The van der Waals surface area contributed by atoms with E-state index in [4.69, 9.17) is 9.73 Å². The number of nitrogens with zero attached hydrogens (tertiary/aromatic N) is 5. The minimum Gasteiger partial charge on any atom is -0.381 e. The third kappa shape index (κ3) is 5.19. The molecule has 0 amide bonds. The van der Waals surface area contributed by atoms with Gasteiger partial charge in [-0.15, -0.1) is 10.2 Å². The number of rotatable bonds is 8. The van der Waals surface area contributed by atoms with Gasteiger partial charge < -0.3 is 19.5 Å². The maximum atomic E-state index is 5.58. The summed E-state index contributed by atoms with van der Waals surface area (Å²) >= 11 is 0. The summed E-state index contributed by atoms with van der Waals surface area (Å²) in [5, 5.41) is 11.8. The molecule has 1 aromatic heterocycles. The lowest BCUT2D eigenvalue weighted by Gasteiger charge is -2.22. The van der Waals surface area contributed by atoms with Gasteiger partial charge in [0, 0.05) is 39.2 Å². The van der Waals surface area contributed by atoms with Crippen LogP contribution in [0, 0.1) is 12.8 Å². The lowest BCUT2D eigenvalue weighted by molar-refractivity contribution is 0.114. The van der Waals surface area contributed by atoms with E-state index in [1.54, 1.807) is 0 Å². The van der Waals surface area contributed by atoms with Gasteiger partial charge in [-0.1, -0.05) is 13.3 Å². The molecule has 0 aliphatic carbocycles. The van der Waals surface area contributed by atoms with Crippen LogP contribution >= 0.6 is 0 Å². The van der Waals surface area contributed by atoms with E-state index in [0.29, 0.717) is 12.5 Å². The third-order valence-electron chi connectivity index (χ3n) is 4.51. The van der Waals surface area contributed by atoms with Gasteiger partial charge in [-0.3, -0.25) is 0 Å². The van der Waals surface area contributed by atoms with Crippen LogP contribution in [0.15, 0.2) is 4.99 Å². The Morgan fingerprint density at radius 2 is 2.21 bits per heavy atom. The van der Waals surface area contributed by atoms with Crippen molar-refractivity contribution in [1.29, 1.82) is 0 Å². The van der Waals surface area contributed by atoms with Crippen molar-refractivity contribution < 1.29 is 4.74 Å². The fourth-order valence-corrected chi connectivity index (χ4v) is 2.82. The standard InChI is InChI=1S/C17H32N6O/c1-5-7-9-18-17(19-11-16-21-20-14(3)22(16)4)23-10-8-15(12-23)13-24-6-2/h15H,5-13H2,1-4H3,(H,18,19). The predicted molar refractivity (Wildman–Crippen MR) is 96.0 cm³/mol. The average molecular weight is 336 g/mol. The smallest absolute Gasteiger partial charge is 0.194 e. The maximum Gasteiger partial charge on any atom is 0.194 e. The number of ether oxygens (including phenoxy) is 1. The molecule has 0 aromatic carbocycles. The van der Waals surface area contributed by atoms with Crippen LogP contribution in [-0.2, 0) is 18.3 Å². The lowest BCUT2D eigenvalue weighted by atomic mass is 10.1. The van der Waals surface area contributed by atoms with Gasteiger partial charge in [-0.05, 0) is 26.7 Å². The number of aryl methyl sites for hydroxylation is 1. The van der Waals surface area contributed by atoms with Gasteiger partial charge in [0.05, 0.1) is 6.61 Å². The van der Waals surface area contributed by atoms with Crippen LogP contribution in [0.1, 0.15) is 44.8 Å². The largest absolute Gasteiger partial charge is 0.381 e. The van der Waals surface area contributed by atoms with Crippen LogP contribution in [0.4, 0.5) is 0 Å². The molecular formula is C17H32N6O. The highest BCUT2D eigenvalue weighted by Gasteiger charge is 2.25. The highest BCUT2D eigenvalue weighted by Crippen LogP contribution is 2.17. The van der Waals surface area contributed by atoms with Gasteiger partial charge >= 0.3 is 0 Å². The molecule has 1 aromatic rings. The van der Waals surface area contributed by atoms with E-state index in [-0.39, 0.29) is 0 Å². The van der Waals surface area contributed by atoms with Crippen molar-refractivity contribution >= 4 is 5.96 Å². The van der Waals surface area contributed by atoms with E-state index < -0.39 is 0 Å². The zero-order valence-corrected chi connectivity index (χ0v) is 15.6. The number of guanidine groups is 1. The number of aliphatic imine (C=N–C) groups is 1. The molecule has 2 heterocycles. The molecule has 136 valence electrons. The Hall–Kier alpha value is -1.63. The van der Waals surface area contributed by atoms with E-state index in [0.717, 1.165) is 63.3 Å². The number of nitrogens with one attached hydrogen (secondary N) is 1. The van der Waals surface area contributed by atoms with Crippen LogP contribution in [0.5, 0.6) is 0 Å². The quantitative estimate of drug-likeness (QED) is 0.445. The Balaban J connectivity index is 1.98. The molecule has 2 rings (SSSR count). The number of hydrogen-bond acceptors (Lipinski definition) is 4. The van der Waals surface area contributed by atoms with Crippen LogP contribution in [0.25, 0.3) is 0 Å². The van der Waals surface area contributed by atoms with E-state index in [1.165, 1.54) is 6.42 Å². The summed E-state index contributed by atoms with van der Waals surface area (Å²) in [6.45, 7) is 11.4. The molecule has 1 fully saturated rings. The van der Waals surface area contributed by atoms with Crippen LogP contribution < -0.4 is 5.32 Å².